The molecule has 2 N–H and O–H groups in total. The van der Waals surface area contributed by atoms with E-state index >= 15 is 0 Å². The number of unbranched alkanes of at least 4 members (excludes halogenated alkanes) is 1. The van der Waals surface area contributed by atoms with Crippen LogP contribution in [0.25, 0.3) is 0 Å². The van der Waals surface area contributed by atoms with E-state index in [0.717, 1.165) is 30.5 Å². The molecule has 1 amide bonds. The third kappa shape index (κ3) is 5.04. The van der Waals surface area contributed by atoms with Gasteiger partial charge in [-0.2, -0.15) is 5.10 Å². The van der Waals surface area contributed by atoms with Crippen molar-refractivity contribution < 1.29 is 9.90 Å². The van der Waals surface area contributed by atoms with Crippen molar-refractivity contribution in [1.29, 1.82) is 0 Å². The minimum atomic E-state index is -1.22. The van der Waals surface area contributed by atoms with Gasteiger partial charge in [-0.3, -0.25) is 4.79 Å². The standard InChI is InChI=1S/C19H22N2O2/c1-2-3-14-17(15-10-6-4-7-11-15)20-21-19(23)18(22)16-12-8-5-9-13-16/h4-13,18,22H,2-3,14H2,1H3,(H,21,23)/b20-17+. The minimum absolute atomic E-state index is 0.527. The van der Waals surface area contributed by atoms with Crippen molar-refractivity contribution in [2.45, 2.75) is 32.3 Å². The molecule has 2 aromatic rings. The number of hydrogen-bond acceptors (Lipinski definition) is 3. The van der Waals surface area contributed by atoms with E-state index in [1.807, 2.05) is 36.4 Å². The first-order valence-electron chi connectivity index (χ1n) is 7.87. The minimum Gasteiger partial charge on any atom is -0.378 e. The van der Waals surface area contributed by atoms with E-state index in [4.69, 9.17) is 0 Å². The molecular weight excluding hydrogens is 288 g/mol. The molecule has 0 aliphatic carbocycles. The van der Waals surface area contributed by atoms with E-state index in [2.05, 4.69) is 17.5 Å². The second-order valence-corrected chi connectivity index (χ2v) is 5.32. The van der Waals surface area contributed by atoms with Gasteiger partial charge in [-0.1, -0.05) is 74.0 Å². The van der Waals surface area contributed by atoms with Crippen molar-refractivity contribution in [1.82, 2.24) is 5.43 Å². The van der Waals surface area contributed by atoms with E-state index in [-0.39, 0.29) is 0 Å². The Labute approximate surface area is 136 Å². The van der Waals surface area contributed by atoms with Crippen LogP contribution in [0.3, 0.4) is 0 Å². The molecule has 23 heavy (non-hydrogen) atoms. The van der Waals surface area contributed by atoms with E-state index in [1.54, 1.807) is 24.3 Å². The summed E-state index contributed by atoms with van der Waals surface area (Å²) in [5, 5.41) is 14.3. The predicted molar refractivity (Wildman–Crippen MR) is 92.0 cm³/mol. The van der Waals surface area contributed by atoms with Gasteiger partial charge in [0.25, 0.3) is 5.91 Å². The molecule has 0 heterocycles. The van der Waals surface area contributed by atoms with Gasteiger partial charge in [0.15, 0.2) is 6.10 Å². The van der Waals surface area contributed by atoms with Crippen molar-refractivity contribution in [2.24, 2.45) is 5.10 Å². The molecular formula is C19H22N2O2. The SMILES string of the molecule is CCCC/C(=N\NC(=O)C(O)c1ccccc1)c1ccccc1. The first-order chi connectivity index (χ1) is 11.2. The smallest absolute Gasteiger partial charge is 0.273 e. The van der Waals surface area contributed by atoms with Crippen molar-refractivity contribution >= 4 is 11.6 Å². The molecule has 0 saturated heterocycles. The first kappa shape index (κ1) is 16.9. The van der Waals surface area contributed by atoms with Crippen LogP contribution in [0.4, 0.5) is 0 Å². The molecule has 0 spiro atoms. The number of nitrogens with zero attached hydrogens (tertiary/aromatic N) is 1. The Bertz CT molecular complexity index is 639. The maximum Gasteiger partial charge on any atom is 0.273 e. The van der Waals surface area contributed by atoms with Gasteiger partial charge in [-0.15, -0.1) is 0 Å². The Hall–Kier alpha value is -2.46. The van der Waals surface area contributed by atoms with Gasteiger partial charge in [0.1, 0.15) is 0 Å². The van der Waals surface area contributed by atoms with Gasteiger partial charge in [-0.25, -0.2) is 5.43 Å². The quantitative estimate of drug-likeness (QED) is 0.608. The number of aliphatic hydroxyl groups excluding tert-OH is 1. The number of hydrazone groups is 1. The van der Waals surface area contributed by atoms with Crippen LogP contribution >= 0.6 is 0 Å². The van der Waals surface area contributed by atoms with Gasteiger partial charge < -0.3 is 5.11 Å². The number of rotatable bonds is 7. The molecule has 2 aromatic carbocycles. The number of carbonyl (C=O) groups is 1. The second kappa shape index (κ2) is 8.86. The predicted octanol–water partition coefficient (Wildman–Crippen LogP) is 3.43. The Kier molecular flexibility index (Phi) is 6.51. The monoisotopic (exact) mass is 310 g/mol. The molecule has 2 rings (SSSR count). The summed E-state index contributed by atoms with van der Waals surface area (Å²) in [6, 6.07) is 18.6. The lowest BCUT2D eigenvalue weighted by Crippen LogP contribution is -2.26. The molecule has 0 aliphatic heterocycles. The van der Waals surface area contributed by atoms with Gasteiger partial charge >= 0.3 is 0 Å². The Morgan fingerprint density at radius 2 is 1.70 bits per heavy atom. The lowest BCUT2D eigenvalue weighted by molar-refractivity contribution is -0.129. The van der Waals surface area contributed by atoms with Crippen LogP contribution in [-0.4, -0.2) is 16.7 Å². The Morgan fingerprint density at radius 3 is 2.30 bits per heavy atom. The molecule has 0 radical (unpaired) electrons. The fraction of sp³-hybridized carbons (Fsp3) is 0.263. The van der Waals surface area contributed by atoms with Crippen LogP contribution in [0.2, 0.25) is 0 Å². The molecule has 0 fully saturated rings. The highest BCUT2D eigenvalue weighted by atomic mass is 16.3. The lowest BCUT2D eigenvalue weighted by Gasteiger charge is -2.11. The van der Waals surface area contributed by atoms with Crippen LogP contribution in [0.15, 0.2) is 65.8 Å². The number of hydrogen-bond donors (Lipinski definition) is 2. The van der Waals surface area contributed by atoms with Gasteiger partial charge in [0, 0.05) is 0 Å². The molecule has 0 aliphatic rings. The fourth-order valence-corrected chi connectivity index (χ4v) is 2.21. The molecule has 4 nitrogen and oxygen atoms in total. The summed E-state index contributed by atoms with van der Waals surface area (Å²) in [5.41, 5.74) is 4.84. The number of benzene rings is 2. The van der Waals surface area contributed by atoms with Crippen molar-refractivity contribution in [3.8, 4) is 0 Å². The maximum absolute atomic E-state index is 12.1. The Morgan fingerprint density at radius 1 is 1.09 bits per heavy atom. The highest BCUT2D eigenvalue weighted by Crippen LogP contribution is 2.12. The molecule has 120 valence electrons. The van der Waals surface area contributed by atoms with Crippen LogP contribution < -0.4 is 5.43 Å². The van der Waals surface area contributed by atoms with E-state index in [0.29, 0.717) is 5.56 Å². The summed E-state index contributed by atoms with van der Waals surface area (Å²) in [6.07, 6.45) is 1.60. The summed E-state index contributed by atoms with van der Waals surface area (Å²) < 4.78 is 0. The van der Waals surface area contributed by atoms with Crippen molar-refractivity contribution in [2.75, 3.05) is 0 Å². The number of amides is 1. The van der Waals surface area contributed by atoms with Crippen LogP contribution in [0, 0.1) is 0 Å². The average Bonchev–Trinajstić information content (AvgIpc) is 2.62. The number of carbonyl (C=O) groups excluding carboxylic acids is 1. The van der Waals surface area contributed by atoms with E-state index in [1.165, 1.54) is 0 Å². The topological polar surface area (TPSA) is 61.7 Å². The van der Waals surface area contributed by atoms with E-state index < -0.39 is 12.0 Å². The summed E-state index contributed by atoms with van der Waals surface area (Å²) >= 11 is 0. The fourth-order valence-electron chi connectivity index (χ4n) is 2.21. The van der Waals surface area contributed by atoms with Gasteiger partial charge in [0.05, 0.1) is 5.71 Å². The van der Waals surface area contributed by atoms with Crippen LogP contribution in [0.1, 0.15) is 43.4 Å². The summed E-state index contributed by atoms with van der Waals surface area (Å²) in [4.78, 5) is 12.1. The highest BCUT2D eigenvalue weighted by Gasteiger charge is 2.16. The second-order valence-electron chi connectivity index (χ2n) is 5.32. The zero-order valence-electron chi connectivity index (χ0n) is 13.3. The summed E-state index contributed by atoms with van der Waals surface area (Å²) in [5.74, 6) is -0.527. The first-order valence-corrected chi connectivity index (χ1v) is 7.87. The third-order valence-electron chi connectivity index (χ3n) is 3.54. The molecule has 0 saturated carbocycles. The average molecular weight is 310 g/mol. The van der Waals surface area contributed by atoms with Gasteiger partial charge in [-0.05, 0) is 24.0 Å². The van der Waals surface area contributed by atoms with Crippen LogP contribution in [0.5, 0.6) is 0 Å². The molecule has 4 heteroatoms. The number of nitrogens with one attached hydrogen (secondary N) is 1. The van der Waals surface area contributed by atoms with Crippen LogP contribution in [-0.2, 0) is 4.79 Å². The normalized spacial score (nSPS) is 12.7. The zero-order valence-corrected chi connectivity index (χ0v) is 13.3. The van der Waals surface area contributed by atoms with Gasteiger partial charge in [0.2, 0.25) is 0 Å². The third-order valence-corrected chi connectivity index (χ3v) is 3.54. The largest absolute Gasteiger partial charge is 0.378 e. The maximum atomic E-state index is 12.1. The summed E-state index contributed by atoms with van der Waals surface area (Å²) in [6.45, 7) is 2.11. The van der Waals surface area contributed by atoms with Crippen molar-refractivity contribution in [3.05, 3.63) is 71.8 Å². The van der Waals surface area contributed by atoms with Crippen molar-refractivity contribution in [3.63, 3.8) is 0 Å². The molecule has 1 atom stereocenters. The molecule has 1 unspecified atom stereocenters. The Balaban J connectivity index is 2.09. The number of aliphatic hydroxyl groups is 1. The zero-order chi connectivity index (χ0) is 16.5. The summed E-state index contributed by atoms with van der Waals surface area (Å²) in [7, 11) is 0. The van der Waals surface area contributed by atoms with E-state index in [9.17, 15) is 9.90 Å². The highest BCUT2D eigenvalue weighted by molar-refractivity contribution is 6.01. The molecule has 0 aromatic heterocycles. The lowest BCUT2D eigenvalue weighted by atomic mass is 10.1. The molecule has 0 bridgehead atoms.